The smallest absolute Gasteiger partial charge is 0.313 e. The van der Waals surface area contributed by atoms with E-state index in [9.17, 15) is 20.1 Å². The van der Waals surface area contributed by atoms with E-state index in [1.807, 2.05) is 9.80 Å². The maximum absolute atomic E-state index is 11.8. The van der Waals surface area contributed by atoms with E-state index >= 15 is 0 Å². The van der Waals surface area contributed by atoms with Crippen molar-refractivity contribution in [3.63, 3.8) is 0 Å². The molecule has 2 aliphatic heterocycles. The summed E-state index contributed by atoms with van der Waals surface area (Å²) in [5, 5.41) is 29.2. The number of hydrogen-bond donors (Lipinski definition) is 3. The van der Waals surface area contributed by atoms with Gasteiger partial charge in [0.25, 0.3) is 0 Å². The number of aliphatic hydroxyl groups is 2. The second-order valence-electron chi connectivity index (χ2n) is 7.49. The van der Waals surface area contributed by atoms with Gasteiger partial charge in [-0.3, -0.25) is 4.79 Å². The van der Waals surface area contributed by atoms with Crippen LogP contribution in [0.25, 0.3) is 0 Å². The van der Waals surface area contributed by atoms with E-state index in [2.05, 4.69) is 9.97 Å². The number of aromatic nitrogens is 2. The number of nitrogens with zero attached hydrogens (tertiary/aromatic N) is 4. The van der Waals surface area contributed by atoms with Crippen molar-refractivity contribution in [2.24, 2.45) is 0 Å². The summed E-state index contributed by atoms with van der Waals surface area (Å²) >= 11 is 0. The highest BCUT2D eigenvalue weighted by molar-refractivity contribution is 5.82. The molecule has 0 saturated carbocycles. The second kappa shape index (κ2) is 6.98. The molecule has 1 atom stereocenters. The first-order valence-corrected chi connectivity index (χ1v) is 8.79. The monoisotopic (exact) mass is 366 g/mol. The summed E-state index contributed by atoms with van der Waals surface area (Å²) in [7, 11) is 0. The summed E-state index contributed by atoms with van der Waals surface area (Å²) in [6, 6.07) is 0. The van der Waals surface area contributed by atoms with Crippen LogP contribution in [-0.4, -0.2) is 82.9 Å². The van der Waals surface area contributed by atoms with Gasteiger partial charge in [-0.15, -0.1) is 0 Å². The van der Waals surface area contributed by atoms with E-state index in [1.165, 1.54) is 0 Å². The minimum Gasteiger partial charge on any atom is -0.481 e. The van der Waals surface area contributed by atoms with Gasteiger partial charge in [0.1, 0.15) is 11.4 Å². The van der Waals surface area contributed by atoms with Gasteiger partial charge in [0.05, 0.1) is 31.8 Å². The number of ether oxygens (including phenoxy) is 1. The van der Waals surface area contributed by atoms with Crippen LogP contribution in [0.1, 0.15) is 25.8 Å². The van der Waals surface area contributed by atoms with Gasteiger partial charge in [-0.2, -0.15) is 4.98 Å². The number of hydrogen-bond acceptors (Lipinski definition) is 8. The fraction of sp³-hybridized carbons (Fsp3) is 0.706. The van der Waals surface area contributed by atoms with Gasteiger partial charge in [-0.25, -0.2) is 4.98 Å². The molecule has 2 saturated heterocycles. The molecule has 0 aliphatic carbocycles. The van der Waals surface area contributed by atoms with Gasteiger partial charge in [0, 0.05) is 31.4 Å². The number of aliphatic carboxylic acids is 1. The van der Waals surface area contributed by atoms with Gasteiger partial charge in [0.15, 0.2) is 0 Å². The molecule has 3 N–H and O–H groups in total. The Morgan fingerprint density at radius 1 is 1.31 bits per heavy atom. The van der Waals surface area contributed by atoms with Crippen molar-refractivity contribution >= 4 is 17.7 Å². The van der Waals surface area contributed by atoms with Crippen LogP contribution >= 0.6 is 0 Å². The number of carboxylic acids is 1. The lowest BCUT2D eigenvalue weighted by atomic mass is 9.85. The van der Waals surface area contributed by atoms with Crippen molar-refractivity contribution in [1.29, 1.82) is 0 Å². The first-order valence-electron chi connectivity index (χ1n) is 8.79. The number of β-amino-alcohol motifs (C(OH)–C–C–N with tert-alkyl or cyclic N) is 1. The summed E-state index contributed by atoms with van der Waals surface area (Å²) in [5.41, 5.74) is -1.74. The van der Waals surface area contributed by atoms with E-state index in [0.717, 1.165) is 0 Å². The predicted molar refractivity (Wildman–Crippen MR) is 94.6 cm³/mol. The lowest BCUT2D eigenvalue weighted by molar-refractivity contribution is -0.142. The van der Waals surface area contributed by atoms with Gasteiger partial charge >= 0.3 is 5.97 Å². The number of rotatable bonds is 5. The van der Waals surface area contributed by atoms with Gasteiger partial charge in [-0.1, -0.05) is 0 Å². The van der Waals surface area contributed by atoms with Crippen LogP contribution in [0.2, 0.25) is 0 Å². The van der Waals surface area contributed by atoms with Crippen LogP contribution in [-0.2, 0) is 14.9 Å². The maximum atomic E-state index is 11.8. The molecule has 26 heavy (non-hydrogen) atoms. The second-order valence-corrected chi connectivity index (χ2v) is 7.49. The van der Waals surface area contributed by atoms with Gasteiger partial charge in [-0.05, 0) is 20.3 Å². The zero-order valence-electron chi connectivity index (χ0n) is 15.2. The highest BCUT2D eigenvalue weighted by atomic mass is 16.5. The average molecular weight is 366 g/mol. The van der Waals surface area contributed by atoms with Crippen molar-refractivity contribution < 1.29 is 24.9 Å². The third kappa shape index (κ3) is 3.46. The number of aliphatic hydroxyl groups excluding tert-OH is 1. The summed E-state index contributed by atoms with van der Waals surface area (Å²) in [5.74, 6) is 0.0742. The third-order valence-corrected chi connectivity index (χ3v) is 5.18. The Morgan fingerprint density at radius 3 is 2.58 bits per heavy atom. The van der Waals surface area contributed by atoms with Crippen molar-refractivity contribution in [1.82, 2.24) is 9.97 Å². The molecule has 0 amide bonds. The summed E-state index contributed by atoms with van der Waals surface area (Å²) in [4.78, 5) is 24.6. The molecule has 0 aromatic carbocycles. The van der Waals surface area contributed by atoms with Crippen molar-refractivity contribution in [3.8, 4) is 0 Å². The molecular weight excluding hydrogens is 340 g/mol. The Balaban J connectivity index is 1.98. The standard InChI is InChI=1S/C17H26N4O5/c1-16(2,14(23)24)12-9-18-15(21-4-3-17(25,10-21)11-22)19-13(12)20-5-7-26-8-6-20/h9,22,25H,3-8,10-11H2,1-2H3,(H,23,24)/t17-/m0/s1. The molecule has 0 radical (unpaired) electrons. The summed E-state index contributed by atoms with van der Waals surface area (Å²) in [6.07, 6.45) is 2.00. The zero-order chi connectivity index (χ0) is 18.9. The Bertz CT molecular complexity index is 677. The van der Waals surface area contributed by atoms with E-state index < -0.39 is 17.0 Å². The van der Waals surface area contributed by atoms with Gasteiger partial charge in [0.2, 0.25) is 5.95 Å². The predicted octanol–water partition coefficient (Wildman–Crippen LogP) is -0.391. The number of carboxylic acid groups (broad SMARTS) is 1. The highest BCUT2D eigenvalue weighted by Crippen LogP contribution is 2.33. The number of anilines is 2. The lowest BCUT2D eigenvalue weighted by Crippen LogP contribution is -2.41. The summed E-state index contributed by atoms with van der Waals surface area (Å²) < 4.78 is 5.39. The largest absolute Gasteiger partial charge is 0.481 e. The SMILES string of the molecule is CC(C)(C(=O)O)c1cnc(N2CC[C@@](O)(CO)C2)nc1N1CCOCC1. The van der Waals surface area contributed by atoms with E-state index in [0.29, 0.717) is 56.6 Å². The number of carbonyl (C=O) groups is 1. The van der Waals surface area contributed by atoms with E-state index in [-0.39, 0.29) is 13.2 Å². The van der Waals surface area contributed by atoms with Crippen LogP contribution in [0.3, 0.4) is 0 Å². The van der Waals surface area contributed by atoms with E-state index in [1.54, 1.807) is 20.0 Å². The Kier molecular flexibility index (Phi) is 5.05. The van der Waals surface area contributed by atoms with E-state index in [4.69, 9.17) is 4.74 Å². The first-order chi connectivity index (χ1) is 12.3. The molecule has 9 heteroatoms. The first kappa shape index (κ1) is 18.8. The molecule has 2 fully saturated rings. The quantitative estimate of drug-likeness (QED) is 0.640. The Labute approximate surface area is 152 Å². The minimum atomic E-state index is -1.15. The average Bonchev–Trinajstić information content (AvgIpc) is 3.05. The lowest BCUT2D eigenvalue weighted by Gasteiger charge is -2.33. The number of morpholine rings is 1. The van der Waals surface area contributed by atoms with Crippen LogP contribution in [0.5, 0.6) is 0 Å². The van der Waals surface area contributed by atoms with Crippen molar-refractivity contribution in [2.75, 3.05) is 55.8 Å². The molecule has 9 nitrogen and oxygen atoms in total. The fourth-order valence-corrected chi connectivity index (χ4v) is 3.24. The Morgan fingerprint density at radius 2 is 2.00 bits per heavy atom. The molecule has 144 valence electrons. The molecule has 3 heterocycles. The minimum absolute atomic E-state index is 0.244. The van der Waals surface area contributed by atoms with Crippen molar-refractivity contribution in [2.45, 2.75) is 31.3 Å². The molecule has 2 aliphatic rings. The molecule has 1 aromatic heterocycles. The fourth-order valence-electron chi connectivity index (χ4n) is 3.24. The van der Waals surface area contributed by atoms with Crippen LogP contribution in [0.15, 0.2) is 6.20 Å². The molecular formula is C17H26N4O5. The summed E-state index contributed by atoms with van der Waals surface area (Å²) in [6.45, 7) is 6.09. The molecule has 1 aromatic rings. The van der Waals surface area contributed by atoms with Crippen LogP contribution in [0.4, 0.5) is 11.8 Å². The molecule has 0 bridgehead atoms. The third-order valence-electron chi connectivity index (χ3n) is 5.18. The maximum Gasteiger partial charge on any atom is 0.313 e. The zero-order valence-corrected chi connectivity index (χ0v) is 15.2. The molecule has 0 spiro atoms. The molecule has 3 rings (SSSR count). The Hall–Kier alpha value is -1.97. The topological polar surface area (TPSA) is 119 Å². The highest BCUT2D eigenvalue weighted by Gasteiger charge is 2.39. The van der Waals surface area contributed by atoms with Crippen molar-refractivity contribution in [3.05, 3.63) is 11.8 Å². The molecule has 0 unspecified atom stereocenters. The van der Waals surface area contributed by atoms with Gasteiger partial charge < -0.3 is 29.9 Å². The normalized spacial score (nSPS) is 24.2. The van der Waals surface area contributed by atoms with Crippen LogP contribution in [0, 0.1) is 0 Å². The van der Waals surface area contributed by atoms with Crippen LogP contribution < -0.4 is 9.80 Å².